The number of carboxylic acid groups (broad SMARTS) is 1. The number of rotatable bonds is 3. The second-order valence-corrected chi connectivity index (χ2v) is 3.09. The van der Waals surface area contributed by atoms with Crippen molar-refractivity contribution in [2.75, 3.05) is 0 Å². The summed E-state index contributed by atoms with van der Waals surface area (Å²) in [7, 11) is 0. The fourth-order valence-corrected chi connectivity index (χ4v) is 1.19. The first-order valence-electron chi connectivity index (χ1n) is 4.13. The number of carboxylic acids is 1. The molecule has 2 N–H and O–H groups in total. The highest BCUT2D eigenvalue weighted by atomic mass is 19.1. The average Bonchev–Trinajstić information content (AvgIpc) is 2.20. The number of halogens is 1. The Morgan fingerprint density at radius 3 is 2.60 bits per heavy atom. The monoisotopic (exact) mass is 212 g/mol. The molecule has 0 heterocycles. The van der Waals surface area contributed by atoms with Gasteiger partial charge in [-0.05, 0) is 24.6 Å². The zero-order valence-electron chi connectivity index (χ0n) is 7.90. The molecule has 0 aromatic heterocycles. The molecule has 0 spiro atoms. The summed E-state index contributed by atoms with van der Waals surface area (Å²) in [6.07, 6.45) is -1.51. The molecule has 5 heteroatoms. The summed E-state index contributed by atoms with van der Waals surface area (Å²) < 4.78 is 13.0. The SMILES string of the molecule is Cc1cc(C(O)C(=O)O)c(C=O)cc1F. The molecule has 1 rings (SSSR count). The van der Waals surface area contributed by atoms with Gasteiger partial charge in [0, 0.05) is 11.1 Å². The molecule has 1 aromatic rings. The molecular weight excluding hydrogens is 203 g/mol. The number of carbonyl (C=O) groups is 2. The van der Waals surface area contributed by atoms with Crippen molar-refractivity contribution < 1.29 is 24.2 Å². The van der Waals surface area contributed by atoms with E-state index in [4.69, 9.17) is 5.11 Å². The normalized spacial score (nSPS) is 12.2. The van der Waals surface area contributed by atoms with Gasteiger partial charge in [0.2, 0.25) is 0 Å². The van der Waals surface area contributed by atoms with Gasteiger partial charge >= 0.3 is 5.97 Å². The third-order valence-corrected chi connectivity index (χ3v) is 2.02. The lowest BCUT2D eigenvalue weighted by Crippen LogP contribution is -2.13. The van der Waals surface area contributed by atoms with Crippen LogP contribution in [0, 0.1) is 12.7 Å². The molecular formula is C10H9FO4. The highest BCUT2D eigenvalue weighted by Crippen LogP contribution is 2.21. The van der Waals surface area contributed by atoms with Gasteiger partial charge in [-0.15, -0.1) is 0 Å². The molecule has 1 aromatic carbocycles. The number of aliphatic carboxylic acids is 1. The largest absolute Gasteiger partial charge is 0.479 e. The maximum absolute atomic E-state index is 13.0. The van der Waals surface area contributed by atoms with Crippen molar-refractivity contribution in [3.05, 3.63) is 34.6 Å². The van der Waals surface area contributed by atoms with Crippen molar-refractivity contribution in [2.24, 2.45) is 0 Å². The van der Waals surface area contributed by atoms with Crippen LogP contribution in [0.2, 0.25) is 0 Å². The molecule has 0 saturated carbocycles. The Hall–Kier alpha value is -1.75. The number of hydrogen-bond acceptors (Lipinski definition) is 3. The van der Waals surface area contributed by atoms with Gasteiger partial charge in [0.1, 0.15) is 5.82 Å². The van der Waals surface area contributed by atoms with Crippen molar-refractivity contribution in [1.82, 2.24) is 0 Å². The molecule has 0 saturated heterocycles. The first kappa shape index (κ1) is 11.3. The topological polar surface area (TPSA) is 74.6 Å². The number of aliphatic hydroxyl groups is 1. The second-order valence-electron chi connectivity index (χ2n) is 3.09. The van der Waals surface area contributed by atoms with Crippen molar-refractivity contribution in [2.45, 2.75) is 13.0 Å². The summed E-state index contributed by atoms with van der Waals surface area (Å²) in [5.74, 6) is -2.09. The predicted molar refractivity (Wildman–Crippen MR) is 49.1 cm³/mol. The van der Waals surface area contributed by atoms with E-state index >= 15 is 0 Å². The minimum Gasteiger partial charge on any atom is -0.479 e. The van der Waals surface area contributed by atoms with Crippen LogP contribution < -0.4 is 0 Å². The van der Waals surface area contributed by atoms with Gasteiger partial charge in [0.25, 0.3) is 0 Å². The Balaban J connectivity index is 3.33. The molecule has 0 aliphatic rings. The van der Waals surface area contributed by atoms with Crippen molar-refractivity contribution in [3.8, 4) is 0 Å². The highest BCUT2D eigenvalue weighted by Gasteiger charge is 2.20. The lowest BCUT2D eigenvalue weighted by molar-refractivity contribution is -0.146. The van der Waals surface area contributed by atoms with Crippen LogP contribution in [0.25, 0.3) is 0 Å². The van der Waals surface area contributed by atoms with Crippen LogP contribution in [-0.2, 0) is 4.79 Å². The molecule has 0 radical (unpaired) electrons. The Kier molecular flexibility index (Phi) is 3.16. The summed E-state index contributed by atoms with van der Waals surface area (Å²) >= 11 is 0. The quantitative estimate of drug-likeness (QED) is 0.735. The minimum atomic E-state index is -1.82. The van der Waals surface area contributed by atoms with Gasteiger partial charge in [0.05, 0.1) is 0 Å². The van der Waals surface area contributed by atoms with E-state index in [1.807, 2.05) is 0 Å². The number of carbonyl (C=O) groups excluding carboxylic acids is 1. The van der Waals surface area contributed by atoms with E-state index in [1.54, 1.807) is 0 Å². The Morgan fingerprint density at radius 2 is 2.13 bits per heavy atom. The molecule has 0 bridgehead atoms. The predicted octanol–water partition coefficient (Wildman–Crippen LogP) is 1.06. The lowest BCUT2D eigenvalue weighted by Gasteiger charge is -2.10. The number of hydrogen-bond donors (Lipinski definition) is 2. The Labute approximate surface area is 85.0 Å². The van der Waals surface area contributed by atoms with Crippen LogP contribution in [0.15, 0.2) is 12.1 Å². The van der Waals surface area contributed by atoms with E-state index in [0.29, 0.717) is 6.29 Å². The van der Waals surface area contributed by atoms with E-state index in [9.17, 15) is 19.1 Å². The molecule has 4 nitrogen and oxygen atoms in total. The van der Waals surface area contributed by atoms with Gasteiger partial charge in [-0.2, -0.15) is 0 Å². The lowest BCUT2D eigenvalue weighted by atomic mass is 10.00. The van der Waals surface area contributed by atoms with Gasteiger partial charge in [-0.3, -0.25) is 4.79 Å². The Morgan fingerprint density at radius 1 is 1.53 bits per heavy atom. The molecule has 1 atom stereocenters. The van der Waals surface area contributed by atoms with Crippen molar-refractivity contribution in [3.63, 3.8) is 0 Å². The number of aliphatic hydroxyl groups excluding tert-OH is 1. The van der Waals surface area contributed by atoms with E-state index < -0.39 is 17.9 Å². The van der Waals surface area contributed by atoms with Crippen molar-refractivity contribution >= 4 is 12.3 Å². The van der Waals surface area contributed by atoms with E-state index in [0.717, 1.165) is 12.1 Å². The summed E-state index contributed by atoms with van der Waals surface area (Å²) in [6.45, 7) is 1.42. The maximum atomic E-state index is 13.0. The maximum Gasteiger partial charge on any atom is 0.337 e. The van der Waals surface area contributed by atoms with E-state index in [1.165, 1.54) is 6.92 Å². The number of aldehydes is 1. The van der Waals surface area contributed by atoms with Gasteiger partial charge in [0.15, 0.2) is 12.4 Å². The molecule has 0 amide bonds. The average molecular weight is 212 g/mol. The van der Waals surface area contributed by atoms with Crippen molar-refractivity contribution in [1.29, 1.82) is 0 Å². The molecule has 0 fully saturated rings. The van der Waals surface area contributed by atoms with Crippen LogP contribution in [0.5, 0.6) is 0 Å². The fraction of sp³-hybridized carbons (Fsp3) is 0.200. The van der Waals surface area contributed by atoms with Crippen LogP contribution in [0.1, 0.15) is 27.6 Å². The van der Waals surface area contributed by atoms with Crippen LogP contribution in [0.3, 0.4) is 0 Å². The fourth-order valence-electron chi connectivity index (χ4n) is 1.19. The van der Waals surface area contributed by atoms with Gasteiger partial charge in [-0.1, -0.05) is 0 Å². The second kappa shape index (κ2) is 4.18. The Bertz CT molecular complexity index is 414. The zero-order chi connectivity index (χ0) is 11.6. The van der Waals surface area contributed by atoms with E-state index in [-0.39, 0.29) is 16.7 Å². The summed E-state index contributed by atoms with van der Waals surface area (Å²) in [6, 6.07) is 2.06. The third kappa shape index (κ3) is 2.19. The molecule has 1 unspecified atom stereocenters. The van der Waals surface area contributed by atoms with Crippen LogP contribution in [-0.4, -0.2) is 22.5 Å². The standard InChI is InChI=1S/C10H9FO4/c1-5-2-7(9(13)10(14)15)6(4-12)3-8(5)11/h2-4,9,13H,1H3,(H,14,15). The molecule has 80 valence electrons. The highest BCUT2D eigenvalue weighted by molar-refractivity contribution is 5.83. The summed E-state index contributed by atoms with van der Waals surface area (Å²) in [5.41, 5.74) is -0.0831. The number of aryl methyl sites for hydroxylation is 1. The first-order chi connectivity index (χ1) is 6.97. The van der Waals surface area contributed by atoms with Crippen LogP contribution >= 0.6 is 0 Å². The smallest absolute Gasteiger partial charge is 0.337 e. The molecule has 0 aliphatic heterocycles. The van der Waals surface area contributed by atoms with Gasteiger partial charge < -0.3 is 10.2 Å². The summed E-state index contributed by atoms with van der Waals surface area (Å²) in [5, 5.41) is 17.8. The third-order valence-electron chi connectivity index (χ3n) is 2.02. The van der Waals surface area contributed by atoms with Crippen LogP contribution in [0.4, 0.5) is 4.39 Å². The minimum absolute atomic E-state index is 0.101. The molecule has 15 heavy (non-hydrogen) atoms. The van der Waals surface area contributed by atoms with Gasteiger partial charge in [-0.25, -0.2) is 9.18 Å². The van der Waals surface area contributed by atoms with E-state index in [2.05, 4.69) is 0 Å². The number of benzene rings is 1. The first-order valence-corrected chi connectivity index (χ1v) is 4.13. The molecule has 0 aliphatic carbocycles. The zero-order valence-corrected chi connectivity index (χ0v) is 7.90. The summed E-state index contributed by atoms with van der Waals surface area (Å²) in [4.78, 5) is 21.1.